The van der Waals surface area contributed by atoms with Gasteiger partial charge in [-0.2, -0.15) is 0 Å². The first-order valence-corrected chi connectivity index (χ1v) is 10.8. The van der Waals surface area contributed by atoms with E-state index in [1.165, 1.54) is 24.7 Å². The second kappa shape index (κ2) is 8.74. The molecular weight excluding hydrogens is 402 g/mol. The molecule has 0 aromatic carbocycles. The van der Waals surface area contributed by atoms with Crippen LogP contribution in [0.1, 0.15) is 44.7 Å². The predicted molar refractivity (Wildman–Crippen MR) is 117 cm³/mol. The lowest BCUT2D eigenvalue weighted by molar-refractivity contribution is -0.114. The van der Waals surface area contributed by atoms with Gasteiger partial charge in [-0.15, -0.1) is 0 Å². The number of carbonyl (C=O) groups is 2. The number of nitrogens with one attached hydrogen (secondary N) is 2. The zero-order valence-electron chi connectivity index (χ0n) is 16.9. The van der Waals surface area contributed by atoms with Gasteiger partial charge < -0.3 is 10.1 Å². The zero-order chi connectivity index (χ0) is 21.1. The topological polar surface area (TPSA) is 106 Å². The minimum absolute atomic E-state index is 0.0107. The van der Waals surface area contributed by atoms with E-state index in [1.807, 2.05) is 25.1 Å². The molecule has 30 heavy (non-hydrogen) atoms. The van der Waals surface area contributed by atoms with Gasteiger partial charge in [-0.1, -0.05) is 17.8 Å². The van der Waals surface area contributed by atoms with Gasteiger partial charge in [0.1, 0.15) is 16.5 Å². The maximum atomic E-state index is 12.3. The maximum Gasteiger partial charge on any atom is 0.411 e. The Balaban J connectivity index is 1.53. The van der Waals surface area contributed by atoms with E-state index < -0.39 is 6.09 Å². The SMILES string of the molecule is CC(=O)Nc1nc2ccc(-c3cnc(C)c(NC(=O)OC4CCCCC4)c3)nc2s1. The third kappa shape index (κ3) is 4.73. The van der Waals surface area contributed by atoms with Gasteiger partial charge in [0.2, 0.25) is 5.91 Å². The van der Waals surface area contributed by atoms with E-state index in [1.54, 1.807) is 6.20 Å². The first-order valence-electron chi connectivity index (χ1n) is 9.98. The van der Waals surface area contributed by atoms with Crippen LogP contribution in [-0.2, 0) is 9.53 Å². The zero-order valence-corrected chi connectivity index (χ0v) is 17.7. The van der Waals surface area contributed by atoms with E-state index in [-0.39, 0.29) is 12.0 Å². The van der Waals surface area contributed by atoms with Crippen LogP contribution in [0.15, 0.2) is 24.4 Å². The molecule has 9 heteroatoms. The highest BCUT2D eigenvalue weighted by molar-refractivity contribution is 7.21. The summed E-state index contributed by atoms with van der Waals surface area (Å²) in [5.74, 6) is -0.173. The number of amides is 2. The lowest BCUT2D eigenvalue weighted by atomic mass is 9.98. The number of pyridine rings is 2. The summed E-state index contributed by atoms with van der Waals surface area (Å²) in [6.45, 7) is 3.27. The fourth-order valence-electron chi connectivity index (χ4n) is 3.46. The average Bonchev–Trinajstić information content (AvgIpc) is 3.11. The molecule has 0 spiro atoms. The fourth-order valence-corrected chi connectivity index (χ4v) is 4.34. The van der Waals surface area contributed by atoms with E-state index in [2.05, 4.69) is 25.6 Å². The van der Waals surface area contributed by atoms with Crippen molar-refractivity contribution in [3.05, 3.63) is 30.1 Å². The van der Waals surface area contributed by atoms with E-state index in [0.717, 1.165) is 31.2 Å². The van der Waals surface area contributed by atoms with Gasteiger partial charge in [0.05, 0.1) is 17.1 Å². The van der Waals surface area contributed by atoms with E-state index >= 15 is 0 Å². The first-order chi connectivity index (χ1) is 14.5. The van der Waals surface area contributed by atoms with Crippen LogP contribution >= 0.6 is 11.3 Å². The molecule has 0 bridgehead atoms. The molecule has 4 rings (SSSR count). The molecule has 0 atom stereocenters. The third-order valence-corrected chi connectivity index (χ3v) is 5.86. The van der Waals surface area contributed by atoms with Gasteiger partial charge >= 0.3 is 6.09 Å². The highest BCUT2D eigenvalue weighted by atomic mass is 32.1. The average molecular weight is 426 g/mol. The maximum absolute atomic E-state index is 12.3. The van der Waals surface area contributed by atoms with Gasteiger partial charge in [-0.25, -0.2) is 14.8 Å². The van der Waals surface area contributed by atoms with Crippen molar-refractivity contribution in [3.8, 4) is 11.3 Å². The number of carbonyl (C=O) groups excluding carboxylic acids is 2. The second-order valence-electron chi connectivity index (χ2n) is 7.37. The number of nitrogens with zero attached hydrogens (tertiary/aromatic N) is 3. The monoisotopic (exact) mass is 425 g/mol. The predicted octanol–water partition coefficient (Wildman–Crippen LogP) is 4.90. The molecule has 0 unspecified atom stereocenters. The van der Waals surface area contributed by atoms with Crippen molar-refractivity contribution in [1.82, 2.24) is 15.0 Å². The lowest BCUT2D eigenvalue weighted by Gasteiger charge is -2.22. The summed E-state index contributed by atoms with van der Waals surface area (Å²) < 4.78 is 5.55. The van der Waals surface area contributed by atoms with E-state index in [4.69, 9.17) is 4.74 Å². The molecule has 0 radical (unpaired) electrons. The van der Waals surface area contributed by atoms with Crippen LogP contribution in [0.3, 0.4) is 0 Å². The summed E-state index contributed by atoms with van der Waals surface area (Å²) >= 11 is 1.31. The Hall–Kier alpha value is -3.07. The van der Waals surface area contributed by atoms with Crippen LogP contribution in [0.25, 0.3) is 21.6 Å². The highest BCUT2D eigenvalue weighted by Crippen LogP contribution is 2.29. The number of fused-ring (bicyclic) bond motifs is 1. The Morgan fingerprint density at radius 1 is 1.13 bits per heavy atom. The summed E-state index contributed by atoms with van der Waals surface area (Å²) in [6.07, 6.45) is 6.51. The number of thiazole rings is 1. The Labute approximate surface area is 178 Å². The van der Waals surface area contributed by atoms with Crippen LogP contribution in [0.2, 0.25) is 0 Å². The molecule has 1 fully saturated rings. The summed E-state index contributed by atoms with van der Waals surface area (Å²) in [5.41, 5.74) is 3.48. The number of aryl methyl sites for hydroxylation is 1. The van der Waals surface area contributed by atoms with Crippen molar-refractivity contribution in [1.29, 1.82) is 0 Å². The van der Waals surface area contributed by atoms with Gasteiger partial charge in [0.15, 0.2) is 5.13 Å². The Morgan fingerprint density at radius 3 is 2.70 bits per heavy atom. The van der Waals surface area contributed by atoms with Crippen LogP contribution in [0.5, 0.6) is 0 Å². The van der Waals surface area contributed by atoms with Crippen molar-refractivity contribution >= 4 is 44.5 Å². The number of rotatable bonds is 4. The first kappa shape index (κ1) is 20.2. The van der Waals surface area contributed by atoms with Gasteiger partial charge in [-0.3, -0.25) is 15.1 Å². The molecule has 3 aromatic heterocycles. The van der Waals surface area contributed by atoms with Crippen molar-refractivity contribution < 1.29 is 14.3 Å². The molecule has 1 aliphatic rings. The molecule has 1 saturated carbocycles. The molecule has 0 aliphatic heterocycles. The Bertz CT molecular complexity index is 1090. The van der Waals surface area contributed by atoms with Crippen molar-refractivity contribution in [2.45, 2.75) is 52.1 Å². The normalized spacial score (nSPS) is 14.5. The van der Waals surface area contributed by atoms with E-state index in [9.17, 15) is 9.59 Å². The van der Waals surface area contributed by atoms with Crippen LogP contribution in [0, 0.1) is 6.92 Å². The van der Waals surface area contributed by atoms with Gasteiger partial charge in [0.25, 0.3) is 0 Å². The highest BCUT2D eigenvalue weighted by Gasteiger charge is 2.18. The molecule has 3 heterocycles. The summed E-state index contributed by atoms with van der Waals surface area (Å²) in [6, 6.07) is 5.54. The quantitative estimate of drug-likeness (QED) is 0.616. The van der Waals surface area contributed by atoms with E-state index in [0.29, 0.717) is 32.6 Å². The smallest absolute Gasteiger partial charge is 0.411 e. The number of hydrogen-bond acceptors (Lipinski definition) is 7. The number of ether oxygens (including phenoxy) is 1. The standard InChI is InChI=1S/C21H23N5O3S/c1-12-18(26-21(28)29-15-6-4-3-5-7-15)10-14(11-22-12)16-8-9-17-19(24-16)30-20(25-17)23-13(2)27/h8-11,15H,3-7H2,1-2H3,(H,26,28)(H,23,25,27). The molecule has 8 nitrogen and oxygen atoms in total. The summed E-state index contributed by atoms with van der Waals surface area (Å²) in [7, 11) is 0. The summed E-state index contributed by atoms with van der Waals surface area (Å²) in [4.78, 5) is 37.7. The molecule has 0 saturated heterocycles. The number of anilines is 2. The largest absolute Gasteiger partial charge is 0.446 e. The van der Waals surface area contributed by atoms with Crippen molar-refractivity contribution in [2.75, 3.05) is 10.6 Å². The Morgan fingerprint density at radius 2 is 1.93 bits per heavy atom. The third-order valence-electron chi connectivity index (χ3n) is 4.98. The lowest BCUT2D eigenvalue weighted by Crippen LogP contribution is -2.24. The minimum atomic E-state index is -0.449. The van der Waals surface area contributed by atoms with Crippen LogP contribution < -0.4 is 10.6 Å². The van der Waals surface area contributed by atoms with Crippen LogP contribution in [-0.4, -0.2) is 33.1 Å². The number of hydrogen-bond donors (Lipinski definition) is 2. The van der Waals surface area contributed by atoms with Crippen molar-refractivity contribution in [3.63, 3.8) is 0 Å². The second-order valence-corrected chi connectivity index (χ2v) is 8.35. The number of aromatic nitrogens is 3. The molecule has 2 amide bonds. The summed E-state index contributed by atoms with van der Waals surface area (Å²) in [5, 5.41) is 6.01. The fraction of sp³-hybridized carbons (Fsp3) is 0.381. The van der Waals surface area contributed by atoms with Gasteiger partial charge in [-0.05, 0) is 50.8 Å². The molecule has 1 aliphatic carbocycles. The van der Waals surface area contributed by atoms with Gasteiger partial charge in [0, 0.05) is 18.7 Å². The molecular formula is C21H23N5O3S. The Kier molecular flexibility index (Phi) is 5.89. The van der Waals surface area contributed by atoms with Crippen LogP contribution in [0.4, 0.5) is 15.6 Å². The van der Waals surface area contributed by atoms with Crippen molar-refractivity contribution in [2.24, 2.45) is 0 Å². The molecule has 156 valence electrons. The molecule has 3 aromatic rings. The molecule has 2 N–H and O–H groups in total. The minimum Gasteiger partial charge on any atom is -0.446 e.